The lowest BCUT2D eigenvalue weighted by atomic mass is 10.0. The first kappa shape index (κ1) is 19.6. The van der Waals surface area contributed by atoms with Crippen molar-refractivity contribution in [3.8, 4) is 23.0 Å². The minimum Gasteiger partial charge on any atom is -0.493 e. The lowest BCUT2D eigenvalue weighted by Gasteiger charge is -2.16. The summed E-state index contributed by atoms with van der Waals surface area (Å²) >= 11 is 0. The molecule has 0 spiro atoms. The molecule has 1 aromatic heterocycles. The zero-order valence-corrected chi connectivity index (χ0v) is 16.8. The fraction of sp³-hybridized carbons (Fsp3) is 0.318. The molecule has 0 radical (unpaired) electrons. The van der Waals surface area contributed by atoms with Crippen molar-refractivity contribution < 1.29 is 23.4 Å². The highest BCUT2D eigenvalue weighted by Crippen LogP contribution is 2.39. The van der Waals surface area contributed by atoms with Crippen LogP contribution in [0.2, 0.25) is 0 Å². The molecule has 0 fully saturated rings. The second-order valence-corrected chi connectivity index (χ2v) is 6.40. The third-order valence-electron chi connectivity index (χ3n) is 4.53. The van der Waals surface area contributed by atoms with E-state index >= 15 is 0 Å². The average Bonchev–Trinajstić information content (AvgIpc) is 2.69. The van der Waals surface area contributed by atoms with Crippen molar-refractivity contribution in [3.63, 3.8) is 0 Å². The highest BCUT2D eigenvalue weighted by atomic mass is 16.5. The molecule has 3 rings (SSSR count). The van der Waals surface area contributed by atoms with Crippen LogP contribution in [0.5, 0.6) is 23.0 Å². The maximum Gasteiger partial charge on any atom is 0.336 e. The number of fused-ring (bicyclic) bond motifs is 1. The van der Waals surface area contributed by atoms with Crippen LogP contribution in [0.15, 0.2) is 39.5 Å². The molecule has 0 unspecified atom stereocenters. The van der Waals surface area contributed by atoms with Gasteiger partial charge in [0.05, 0.1) is 26.7 Å². The number of benzene rings is 2. The number of hydrogen-bond acceptors (Lipinski definition) is 6. The van der Waals surface area contributed by atoms with Crippen LogP contribution in [0.4, 0.5) is 0 Å². The van der Waals surface area contributed by atoms with Crippen LogP contribution in [0, 0.1) is 6.92 Å². The Morgan fingerprint density at radius 2 is 1.57 bits per heavy atom. The molecule has 2 aromatic carbocycles. The standard InChI is InChI=1S/C22H24O6/c1-6-15-11-20(23)28-17-8-13(2)7-16(21(15)17)27-12-14-9-18(24-3)22(26-5)19(10-14)25-4/h7-11H,6,12H2,1-5H3. The van der Waals surface area contributed by atoms with Gasteiger partial charge in [-0.2, -0.15) is 0 Å². The maximum absolute atomic E-state index is 11.8. The summed E-state index contributed by atoms with van der Waals surface area (Å²) in [5, 5.41) is 0.820. The number of rotatable bonds is 7. The number of methoxy groups -OCH3 is 3. The topological polar surface area (TPSA) is 67.1 Å². The summed E-state index contributed by atoms with van der Waals surface area (Å²) < 4.78 is 27.7. The number of aryl methyl sites for hydroxylation is 2. The molecule has 0 bridgehead atoms. The lowest BCUT2D eigenvalue weighted by Crippen LogP contribution is -2.04. The minimum absolute atomic E-state index is 0.289. The Hall–Kier alpha value is -3.15. The van der Waals surface area contributed by atoms with Crippen molar-refractivity contribution in [2.45, 2.75) is 26.9 Å². The van der Waals surface area contributed by atoms with Gasteiger partial charge in [0.25, 0.3) is 0 Å². The second-order valence-electron chi connectivity index (χ2n) is 6.40. The molecule has 0 atom stereocenters. The fourth-order valence-corrected chi connectivity index (χ4v) is 3.24. The van der Waals surface area contributed by atoms with E-state index in [4.69, 9.17) is 23.4 Å². The maximum atomic E-state index is 11.8. The van der Waals surface area contributed by atoms with Crippen molar-refractivity contribution in [3.05, 3.63) is 57.4 Å². The van der Waals surface area contributed by atoms with E-state index in [1.54, 1.807) is 21.3 Å². The van der Waals surface area contributed by atoms with Crippen LogP contribution < -0.4 is 24.6 Å². The van der Waals surface area contributed by atoms with Gasteiger partial charge in [0.15, 0.2) is 11.5 Å². The first-order chi connectivity index (χ1) is 13.5. The quantitative estimate of drug-likeness (QED) is 0.567. The van der Waals surface area contributed by atoms with Crippen LogP contribution >= 0.6 is 0 Å². The highest BCUT2D eigenvalue weighted by Gasteiger charge is 2.15. The summed E-state index contributed by atoms with van der Waals surface area (Å²) in [6, 6.07) is 9.01. The van der Waals surface area contributed by atoms with E-state index in [1.807, 2.05) is 38.1 Å². The summed E-state index contributed by atoms with van der Waals surface area (Å²) in [4.78, 5) is 11.8. The zero-order chi connectivity index (χ0) is 20.3. The van der Waals surface area contributed by atoms with Crippen LogP contribution in [0.3, 0.4) is 0 Å². The molecule has 0 saturated heterocycles. The van der Waals surface area contributed by atoms with E-state index < -0.39 is 0 Å². The Labute approximate surface area is 163 Å². The lowest BCUT2D eigenvalue weighted by molar-refractivity contribution is 0.300. The summed E-state index contributed by atoms with van der Waals surface area (Å²) in [6.45, 7) is 4.22. The smallest absolute Gasteiger partial charge is 0.336 e. The molecule has 6 nitrogen and oxygen atoms in total. The molecule has 0 saturated carbocycles. The molecule has 6 heteroatoms. The van der Waals surface area contributed by atoms with Crippen LogP contribution in [0.1, 0.15) is 23.6 Å². The third kappa shape index (κ3) is 3.76. The molecule has 0 amide bonds. The SMILES string of the molecule is CCc1cc(=O)oc2cc(C)cc(OCc3cc(OC)c(OC)c(OC)c3)c12. The van der Waals surface area contributed by atoms with Crippen molar-refractivity contribution in [2.24, 2.45) is 0 Å². The van der Waals surface area contributed by atoms with Crippen molar-refractivity contribution >= 4 is 11.0 Å². The summed E-state index contributed by atoms with van der Waals surface area (Å²) in [6.07, 6.45) is 0.700. The van der Waals surface area contributed by atoms with E-state index in [2.05, 4.69) is 0 Å². The van der Waals surface area contributed by atoms with Gasteiger partial charge in [-0.15, -0.1) is 0 Å². The van der Waals surface area contributed by atoms with Gasteiger partial charge >= 0.3 is 5.63 Å². The van der Waals surface area contributed by atoms with Gasteiger partial charge in [-0.1, -0.05) is 6.92 Å². The first-order valence-electron chi connectivity index (χ1n) is 8.99. The summed E-state index contributed by atoms with van der Waals surface area (Å²) in [7, 11) is 4.71. The van der Waals surface area contributed by atoms with E-state index in [-0.39, 0.29) is 12.2 Å². The predicted molar refractivity (Wildman–Crippen MR) is 107 cm³/mol. The van der Waals surface area contributed by atoms with E-state index in [0.717, 1.165) is 22.1 Å². The van der Waals surface area contributed by atoms with E-state index in [0.29, 0.717) is 35.0 Å². The van der Waals surface area contributed by atoms with Gasteiger partial charge in [0.1, 0.15) is 17.9 Å². The van der Waals surface area contributed by atoms with Gasteiger partial charge in [-0.05, 0) is 54.3 Å². The molecule has 148 valence electrons. The molecular formula is C22H24O6. The molecule has 0 aliphatic rings. The fourth-order valence-electron chi connectivity index (χ4n) is 3.24. The van der Waals surface area contributed by atoms with Crippen molar-refractivity contribution in [1.82, 2.24) is 0 Å². The van der Waals surface area contributed by atoms with E-state index in [1.165, 1.54) is 6.07 Å². The molecule has 0 aliphatic heterocycles. The predicted octanol–water partition coefficient (Wildman–Crippen LogP) is 4.27. The van der Waals surface area contributed by atoms with Crippen molar-refractivity contribution in [2.75, 3.05) is 21.3 Å². The Bertz CT molecular complexity index is 1030. The van der Waals surface area contributed by atoms with Crippen LogP contribution in [0.25, 0.3) is 11.0 Å². The Kier molecular flexibility index (Phi) is 5.78. The van der Waals surface area contributed by atoms with Gasteiger partial charge in [-0.3, -0.25) is 0 Å². The summed E-state index contributed by atoms with van der Waals surface area (Å²) in [5.41, 5.74) is 2.88. The minimum atomic E-state index is -0.356. The molecule has 1 heterocycles. The normalized spacial score (nSPS) is 10.8. The molecular weight excluding hydrogens is 360 g/mol. The van der Waals surface area contributed by atoms with E-state index in [9.17, 15) is 4.79 Å². The Morgan fingerprint density at radius 3 is 2.14 bits per heavy atom. The van der Waals surface area contributed by atoms with Crippen LogP contribution in [-0.2, 0) is 13.0 Å². The summed E-state index contributed by atoms with van der Waals surface area (Å²) in [5.74, 6) is 2.33. The second kappa shape index (κ2) is 8.25. The van der Waals surface area contributed by atoms with Crippen molar-refractivity contribution in [1.29, 1.82) is 0 Å². The molecule has 3 aromatic rings. The molecule has 0 aliphatic carbocycles. The third-order valence-corrected chi connectivity index (χ3v) is 4.53. The van der Waals surface area contributed by atoms with Gasteiger partial charge in [0, 0.05) is 6.07 Å². The number of hydrogen-bond donors (Lipinski definition) is 0. The van der Waals surface area contributed by atoms with Gasteiger partial charge in [-0.25, -0.2) is 4.79 Å². The highest BCUT2D eigenvalue weighted by molar-refractivity contribution is 5.87. The van der Waals surface area contributed by atoms with Gasteiger partial charge in [0.2, 0.25) is 5.75 Å². The number of ether oxygens (including phenoxy) is 4. The molecule has 0 N–H and O–H groups in total. The van der Waals surface area contributed by atoms with Crippen LogP contribution in [-0.4, -0.2) is 21.3 Å². The Balaban J connectivity index is 2.01. The first-order valence-corrected chi connectivity index (χ1v) is 8.99. The Morgan fingerprint density at radius 1 is 0.893 bits per heavy atom. The van der Waals surface area contributed by atoms with Gasteiger partial charge < -0.3 is 23.4 Å². The average molecular weight is 384 g/mol. The monoisotopic (exact) mass is 384 g/mol. The molecule has 28 heavy (non-hydrogen) atoms. The largest absolute Gasteiger partial charge is 0.493 e. The zero-order valence-electron chi connectivity index (χ0n) is 16.8.